The minimum atomic E-state index is -5.03. The highest BCUT2D eigenvalue weighted by Crippen LogP contribution is 2.43. The smallest absolute Gasteiger partial charge is 0.416 e. The van der Waals surface area contributed by atoms with Crippen molar-refractivity contribution in [3.8, 4) is 0 Å². The van der Waals surface area contributed by atoms with E-state index in [1.165, 1.54) is 4.90 Å². The summed E-state index contributed by atoms with van der Waals surface area (Å²) in [5, 5.41) is 0. The largest absolute Gasteiger partial charge is 0.453 e. The SMILES string of the molecule is CCOC(=O)N1c2ccc(CC)cc2[C@@H](N(Cc2cc(C(F)(F)F)cc(C(F)(F)F)c2)C(=O)OC)C[C@H]1C. The molecular weight excluding hydrogens is 518 g/mol. The third-order valence-electron chi connectivity index (χ3n) is 6.37. The zero-order valence-corrected chi connectivity index (χ0v) is 21.2. The van der Waals surface area contributed by atoms with Crippen molar-refractivity contribution in [1.82, 2.24) is 4.90 Å². The zero-order chi connectivity index (χ0) is 28.4. The fraction of sp³-hybridized carbons (Fsp3) is 0.462. The molecule has 0 saturated carbocycles. The summed E-state index contributed by atoms with van der Waals surface area (Å²) in [6, 6.07) is 5.14. The first-order valence-electron chi connectivity index (χ1n) is 11.9. The predicted molar refractivity (Wildman–Crippen MR) is 127 cm³/mol. The number of amides is 2. The molecule has 0 bridgehead atoms. The van der Waals surface area contributed by atoms with Gasteiger partial charge < -0.3 is 9.47 Å². The molecule has 1 aliphatic heterocycles. The number of alkyl halides is 6. The highest BCUT2D eigenvalue weighted by molar-refractivity contribution is 5.90. The molecule has 0 spiro atoms. The monoisotopic (exact) mass is 546 g/mol. The number of halogens is 6. The van der Waals surface area contributed by atoms with Crippen LogP contribution in [0.1, 0.15) is 61.1 Å². The van der Waals surface area contributed by atoms with Crippen LogP contribution in [0.3, 0.4) is 0 Å². The van der Waals surface area contributed by atoms with E-state index in [9.17, 15) is 35.9 Å². The van der Waals surface area contributed by atoms with Gasteiger partial charge in [0.1, 0.15) is 0 Å². The van der Waals surface area contributed by atoms with Crippen molar-refractivity contribution in [1.29, 1.82) is 0 Å². The lowest BCUT2D eigenvalue weighted by molar-refractivity contribution is -0.143. The van der Waals surface area contributed by atoms with E-state index in [4.69, 9.17) is 9.47 Å². The molecule has 0 aliphatic carbocycles. The molecule has 1 heterocycles. The van der Waals surface area contributed by atoms with Gasteiger partial charge in [-0.2, -0.15) is 26.3 Å². The van der Waals surface area contributed by atoms with Crippen LogP contribution in [0.5, 0.6) is 0 Å². The highest BCUT2D eigenvalue weighted by atomic mass is 19.4. The molecule has 0 unspecified atom stereocenters. The van der Waals surface area contributed by atoms with Crippen LogP contribution in [-0.4, -0.2) is 36.8 Å². The number of rotatable bonds is 5. The molecule has 38 heavy (non-hydrogen) atoms. The molecule has 6 nitrogen and oxygen atoms in total. The van der Waals surface area contributed by atoms with Gasteiger partial charge in [0.15, 0.2) is 0 Å². The maximum Gasteiger partial charge on any atom is 0.416 e. The Labute approximate surface area is 216 Å². The molecule has 0 saturated heterocycles. The number of anilines is 1. The molecule has 0 radical (unpaired) electrons. The van der Waals surface area contributed by atoms with Crippen LogP contribution in [-0.2, 0) is 34.8 Å². The molecule has 2 aromatic rings. The summed E-state index contributed by atoms with van der Waals surface area (Å²) in [5.74, 6) is 0. The topological polar surface area (TPSA) is 59.1 Å². The van der Waals surface area contributed by atoms with Gasteiger partial charge in [-0.05, 0) is 67.6 Å². The van der Waals surface area contributed by atoms with Crippen LogP contribution in [0.25, 0.3) is 0 Å². The highest BCUT2D eigenvalue weighted by Gasteiger charge is 2.41. The number of hydrogen-bond donors (Lipinski definition) is 0. The van der Waals surface area contributed by atoms with Gasteiger partial charge in [-0.15, -0.1) is 0 Å². The molecule has 208 valence electrons. The normalized spacial score (nSPS) is 17.6. The van der Waals surface area contributed by atoms with E-state index in [0.29, 0.717) is 29.8 Å². The number of hydrogen-bond acceptors (Lipinski definition) is 4. The second-order valence-corrected chi connectivity index (χ2v) is 8.93. The molecule has 1 aliphatic rings. The number of aryl methyl sites for hydroxylation is 1. The summed E-state index contributed by atoms with van der Waals surface area (Å²) in [6.07, 6.45) is -10.9. The fourth-order valence-corrected chi connectivity index (χ4v) is 4.60. The number of fused-ring (bicyclic) bond motifs is 1. The van der Waals surface area contributed by atoms with Crippen LogP contribution < -0.4 is 4.90 Å². The molecule has 3 rings (SSSR count). The van der Waals surface area contributed by atoms with Crippen LogP contribution in [0, 0.1) is 0 Å². The number of ether oxygens (including phenoxy) is 2. The number of carbonyl (C=O) groups is 2. The van der Waals surface area contributed by atoms with Crippen molar-refractivity contribution < 1.29 is 45.4 Å². The summed E-state index contributed by atoms with van der Waals surface area (Å²) in [7, 11) is 1.07. The number of methoxy groups -OCH3 is 1. The van der Waals surface area contributed by atoms with Gasteiger partial charge in [0.05, 0.1) is 36.6 Å². The van der Waals surface area contributed by atoms with Crippen molar-refractivity contribution in [2.75, 3.05) is 18.6 Å². The van der Waals surface area contributed by atoms with Gasteiger partial charge >= 0.3 is 24.5 Å². The van der Waals surface area contributed by atoms with Crippen molar-refractivity contribution in [3.05, 3.63) is 64.2 Å². The van der Waals surface area contributed by atoms with Crippen molar-refractivity contribution in [3.63, 3.8) is 0 Å². The third kappa shape index (κ3) is 6.16. The van der Waals surface area contributed by atoms with Crippen molar-refractivity contribution in [2.45, 2.75) is 64.6 Å². The summed E-state index contributed by atoms with van der Waals surface area (Å²) in [4.78, 5) is 28.2. The first kappa shape index (κ1) is 29.1. The minimum Gasteiger partial charge on any atom is -0.453 e. The number of benzene rings is 2. The molecule has 0 aromatic heterocycles. The van der Waals surface area contributed by atoms with Crippen LogP contribution >= 0.6 is 0 Å². The Morgan fingerprint density at radius 1 is 0.974 bits per heavy atom. The molecule has 0 fully saturated rings. The Morgan fingerprint density at radius 2 is 1.58 bits per heavy atom. The summed E-state index contributed by atoms with van der Waals surface area (Å²) >= 11 is 0. The lowest BCUT2D eigenvalue weighted by Crippen LogP contribution is -2.47. The Hall–Kier alpha value is -3.44. The average Bonchev–Trinajstić information content (AvgIpc) is 2.85. The molecule has 2 atom stereocenters. The number of carbonyl (C=O) groups excluding carboxylic acids is 2. The molecular formula is C26H28F6N2O4. The van der Waals surface area contributed by atoms with E-state index in [0.717, 1.165) is 17.6 Å². The Kier molecular flexibility index (Phi) is 8.52. The molecule has 2 aromatic carbocycles. The Balaban J connectivity index is 2.15. The van der Waals surface area contributed by atoms with Gasteiger partial charge in [-0.25, -0.2) is 9.59 Å². The fourth-order valence-electron chi connectivity index (χ4n) is 4.60. The lowest BCUT2D eigenvalue weighted by atomic mass is 9.89. The van der Waals surface area contributed by atoms with Gasteiger partial charge in [-0.1, -0.05) is 19.1 Å². The first-order valence-corrected chi connectivity index (χ1v) is 11.9. The predicted octanol–water partition coefficient (Wildman–Crippen LogP) is 7.35. The molecule has 12 heteroatoms. The van der Waals surface area contributed by atoms with Gasteiger partial charge in [0.2, 0.25) is 0 Å². The first-order chi connectivity index (χ1) is 17.7. The van der Waals surface area contributed by atoms with Gasteiger partial charge in [0.25, 0.3) is 0 Å². The zero-order valence-electron chi connectivity index (χ0n) is 21.2. The van der Waals surface area contributed by atoms with Crippen molar-refractivity contribution >= 4 is 17.9 Å². The van der Waals surface area contributed by atoms with E-state index in [-0.39, 0.29) is 24.7 Å². The lowest BCUT2D eigenvalue weighted by Gasteiger charge is -2.42. The second-order valence-electron chi connectivity index (χ2n) is 8.93. The Morgan fingerprint density at radius 3 is 2.08 bits per heavy atom. The van der Waals surface area contributed by atoms with E-state index in [1.54, 1.807) is 32.0 Å². The van der Waals surface area contributed by atoms with Gasteiger partial charge in [0, 0.05) is 12.6 Å². The minimum absolute atomic E-state index is 0.0364. The summed E-state index contributed by atoms with van der Waals surface area (Å²) < 4.78 is 90.7. The van der Waals surface area contributed by atoms with Crippen molar-refractivity contribution in [2.24, 2.45) is 0 Å². The standard InChI is InChI=1S/C26H28F6N2O4/c1-5-16-7-8-21-20(12-16)22(9-15(3)34(21)24(36)38-6-2)33(23(35)37-4)14-17-10-18(25(27,28)29)13-19(11-17)26(30,31)32/h7-8,10-13,15,22H,5-6,9,14H2,1-4H3/t15-,22+/m1/s1. The van der Waals surface area contributed by atoms with E-state index in [1.807, 2.05) is 6.92 Å². The maximum atomic E-state index is 13.4. The van der Waals surface area contributed by atoms with E-state index >= 15 is 0 Å². The van der Waals surface area contributed by atoms with Crippen LogP contribution in [0.4, 0.5) is 41.6 Å². The van der Waals surface area contributed by atoms with Crippen LogP contribution in [0.2, 0.25) is 0 Å². The summed E-state index contributed by atoms with van der Waals surface area (Å²) in [5.41, 5.74) is -1.54. The third-order valence-corrected chi connectivity index (χ3v) is 6.37. The van der Waals surface area contributed by atoms with E-state index < -0.39 is 54.3 Å². The van der Waals surface area contributed by atoms with E-state index in [2.05, 4.69) is 0 Å². The average molecular weight is 547 g/mol. The number of nitrogens with zero attached hydrogens (tertiary/aromatic N) is 2. The van der Waals surface area contributed by atoms with Crippen LogP contribution in [0.15, 0.2) is 36.4 Å². The maximum absolute atomic E-state index is 13.4. The Bertz CT molecular complexity index is 1150. The quantitative estimate of drug-likeness (QED) is 0.368. The second kappa shape index (κ2) is 11.1. The molecule has 2 amide bonds. The van der Waals surface area contributed by atoms with Gasteiger partial charge in [-0.3, -0.25) is 9.80 Å². The summed E-state index contributed by atoms with van der Waals surface area (Å²) in [6.45, 7) is 4.79. The molecule has 0 N–H and O–H groups in total.